The Balaban J connectivity index is 1.73. The number of nitrogens with zero attached hydrogens (tertiary/aromatic N) is 1. The number of benzene rings is 1. The topological polar surface area (TPSA) is 74.8 Å². The summed E-state index contributed by atoms with van der Waals surface area (Å²) in [6.07, 6.45) is -4.04. The van der Waals surface area contributed by atoms with E-state index in [0.29, 0.717) is 11.4 Å². The van der Waals surface area contributed by atoms with Gasteiger partial charge in [-0.25, -0.2) is 4.98 Å². The quantitative estimate of drug-likeness (QED) is 0.874. The molecule has 1 saturated carbocycles. The number of amides is 1. The molecule has 1 fully saturated rings. The van der Waals surface area contributed by atoms with Crippen molar-refractivity contribution in [1.82, 2.24) is 15.3 Å². The molecule has 0 aliphatic heterocycles. The summed E-state index contributed by atoms with van der Waals surface area (Å²) in [7, 11) is 0. The minimum atomic E-state index is -4.25. The lowest BCUT2D eigenvalue weighted by atomic mass is 9.93. The zero-order valence-electron chi connectivity index (χ0n) is 14.3. The highest BCUT2D eigenvalue weighted by atomic mass is 19.4. The fraction of sp³-hybridized carbons (Fsp3) is 0.389. The predicted octanol–water partition coefficient (Wildman–Crippen LogP) is 3.16. The highest BCUT2D eigenvalue weighted by Gasteiger charge is 2.64. The van der Waals surface area contributed by atoms with E-state index in [2.05, 4.69) is 15.3 Å². The molecule has 1 amide bonds. The molecule has 1 heterocycles. The van der Waals surface area contributed by atoms with Crippen molar-refractivity contribution in [3.63, 3.8) is 0 Å². The van der Waals surface area contributed by atoms with Crippen molar-refractivity contribution >= 4 is 5.91 Å². The first kappa shape index (κ1) is 18.2. The average molecular weight is 365 g/mol. The third kappa shape index (κ3) is 3.36. The van der Waals surface area contributed by atoms with Crippen molar-refractivity contribution in [2.45, 2.75) is 44.3 Å². The van der Waals surface area contributed by atoms with Crippen LogP contribution in [0.3, 0.4) is 0 Å². The van der Waals surface area contributed by atoms with Gasteiger partial charge in [-0.3, -0.25) is 9.59 Å². The van der Waals surface area contributed by atoms with Crippen LogP contribution in [0, 0.1) is 6.92 Å². The zero-order valence-corrected chi connectivity index (χ0v) is 14.3. The van der Waals surface area contributed by atoms with Crippen LogP contribution in [-0.4, -0.2) is 22.1 Å². The van der Waals surface area contributed by atoms with Gasteiger partial charge in [0.15, 0.2) is 0 Å². The van der Waals surface area contributed by atoms with E-state index in [-0.39, 0.29) is 24.1 Å². The lowest BCUT2D eigenvalue weighted by Gasteiger charge is -2.21. The van der Waals surface area contributed by atoms with Gasteiger partial charge in [0.05, 0.1) is 11.5 Å². The molecule has 1 aliphatic carbocycles. The van der Waals surface area contributed by atoms with Gasteiger partial charge in [-0.2, -0.15) is 13.2 Å². The summed E-state index contributed by atoms with van der Waals surface area (Å²) in [5, 5.41) is 2.69. The Hall–Kier alpha value is -2.64. The van der Waals surface area contributed by atoms with E-state index >= 15 is 0 Å². The molecule has 1 aromatic carbocycles. The molecule has 0 bridgehead atoms. The van der Waals surface area contributed by atoms with Gasteiger partial charge in [-0.05, 0) is 37.8 Å². The molecule has 0 unspecified atom stereocenters. The minimum absolute atomic E-state index is 0.0104. The summed E-state index contributed by atoms with van der Waals surface area (Å²) in [6, 6.07) is 6.75. The summed E-state index contributed by atoms with van der Waals surface area (Å²) in [5.74, 6) is -0.203. The standard InChI is InChI=1S/C18H18F3N3O2/c1-10(22-16(26)14-9-15(25)24-11(2)23-14)12-3-5-13(6-4-12)17(7-8-17)18(19,20)21/h3-6,9-10H,7-8H2,1-2H3,(H,22,26)(H,23,24,25)/t10-/m0/s1. The largest absolute Gasteiger partial charge is 0.398 e. The number of alkyl halides is 3. The van der Waals surface area contributed by atoms with Gasteiger partial charge in [0, 0.05) is 6.07 Å². The molecule has 0 radical (unpaired) electrons. The van der Waals surface area contributed by atoms with Crippen molar-refractivity contribution < 1.29 is 18.0 Å². The van der Waals surface area contributed by atoms with Gasteiger partial charge < -0.3 is 10.3 Å². The number of halogens is 3. The summed E-state index contributed by atoms with van der Waals surface area (Å²) in [5.41, 5.74) is -1.24. The molecule has 1 atom stereocenters. The highest BCUT2D eigenvalue weighted by molar-refractivity contribution is 5.92. The fourth-order valence-corrected chi connectivity index (χ4v) is 3.00. The second-order valence-corrected chi connectivity index (χ2v) is 6.61. The normalized spacial score (nSPS) is 16.8. The van der Waals surface area contributed by atoms with Crippen molar-refractivity contribution in [3.8, 4) is 0 Å². The van der Waals surface area contributed by atoms with Gasteiger partial charge in [0.1, 0.15) is 11.5 Å². The molecule has 138 valence electrons. The van der Waals surface area contributed by atoms with Gasteiger partial charge >= 0.3 is 6.18 Å². The Labute approximate surface area is 147 Å². The molecule has 1 aromatic heterocycles. The number of aryl methyl sites for hydroxylation is 1. The molecule has 2 aromatic rings. The number of carbonyl (C=O) groups is 1. The maximum Gasteiger partial charge on any atom is 0.398 e. The second kappa shape index (κ2) is 6.26. The zero-order chi connectivity index (χ0) is 19.1. The minimum Gasteiger partial charge on any atom is -0.344 e. The van der Waals surface area contributed by atoms with Crippen LogP contribution in [0.25, 0.3) is 0 Å². The van der Waals surface area contributed by atoms with E-state index in [1.807, 2.05) is 0 Å². The summed E-state index contributed by atoms with van der Waals surface area (Å²) >= 11 is 0. The molecular formula is C18H18F3N3O2. The maximum absolute atomic E-state index is 13.2. The number of hydrogen-bond donors (Lipinski definition) is 2. The monoisotopic (exact) mass is 365 g/mol. The molecule has 8 heteroatoms. The number of rotatable bonds is 4. The number of carbonyl (C=O) groups excluding carboxylic acids is 1. The first-order chi connectivity index (χ1) is 12.1. The number of H-pyrrole nitrogens is 1. The first-order valence-electron chi connectivity index (χ1n) is 8.18. The van der Waals surface area contributed by atoms with Crippen molar-refractivity contribution in [2.75, 3.05) is 0 Å². The third-order valence-electron chi connectivity index (χ3n) is 4.70. The summed E-state index contributed by atoms with van der Waals surface area (Å²) in [6.45, 7) is 3.28. The van der Waals surface area contributed by atoms with Gasteiger partial charge in [0.25, 0.3) is 11.5 Å². The number of aromatic nitrogens is 2. The molecule has 26 heavy (non-hydrogen) atoms. The van der Waals surface area contributed by atoms with Crippen molar-refractivity contribution in [3.05, 3.63) is 63.3 Å². The summed E-state index contributed by atoms with van der Waals surface area (Å²) < 4.78 is 39.5. The van der Waals surface area contributed by atoms with Gasteiger partial charge in [-0.1, -0.05) is 24.3 Å². The molecule has 3 rings (SSSR count). The van der Waals surface area contributed by atoms with Crippen LogP contribution in [-0.2, 0) is 5.41 Å². The van der Waals surface area contributed by atoms with E-state index < -0.39 is 29.1 Å². The van der Waals surface area contributed by atoms with Crippen LogP contribution in [0.2, 0.25) is 0 Å². The Morgan fingerprint density at radius 3 is 2.38 bits per heavy atom. The molecule has 0 spiro atoms. The van der Waals surface area contributed by atoms with E-state index in [1.54, 1.807) is 26.0 Å². The molecule has 0 saturated heterocycles. The molecule has 2 N–H and O–H groups in total. The van der Waals surface area contributed by atoms with E-state index in [0.717, 1.165) is 6.07 Å². The summed E-state index contributed by atoms with van der Waals surface area (Å²) in [4.78, 5) is 30.1. The lowest BCUT2D eigenvalue weighted by Crippen LogP contribution is -2.30. The smallest absolute Gasteiger partial charge is 0.344 e. The number of aromatic amines is 1. The van der Waals surface area contributed by atoms with Crippen LogP contribution >= 0.6 is 0 Å². The number of hydrogen-bond acceptors (Lipinski definition) is 3. The van der Waals surface area contributed by atoms with Crippen molar-refractivity contribution in [2.24, 2.45) is 0 Å². The Bertz CT molecular complexity index is 884. The first-order valence-corrected chi connectivity index (χ1v) is 8.18. The van der Waals surface area contributed by atoms with Crippen LogP contribution < -0.4 is 10.9 Å². The van der Waals surface area contributed by atoms with Crippen LogP contribution in [0.4, 0.5) is 13.2 Å². The lowest BCUT2D eigenvalue weighted by molar-refractivity contribution is -0.160. The van der Waals surface area contributed by atoms with E-state index in [1.165, 1.54) is 12.1 Å². The van der Waals surface area contributed by atoms with Crippen LogP contribution in [0.1, 0.15) is 53.2 Å². The average Bonchev–Trinajstić information content (AvgIpc) is 3.35. The second-order valence-electron chi connectivity index (χ2n) is 6.61. The van der Waals surface area contributed by atoms with Gasteiger partial charge in [-0.15, -0.1) is 0 Å². The van der Waals surface area contributed by atoms with Crippen LogP contribution in [0.15, 0.2) is 35.1 Å². The fourth-order valence-electron chi connectivity index (χ4n) is 3.00. The maximum atomic E-state index is 13.2. The molecule has 5 nitrogen and oxygen atoms in total. The van der Waals surface area contributed by atoms with E-state index in [4.69, 9.17) is 0 Å². The predicted molar refractivity (Wildman–Crippen MR) is 88.9 cm³/mol. The SMILES string of the molecule is Cc1nc(C(=O)N[C@@H](C)c2ccc(C3(C(F)(F)F)CC3)cc2)cc(=O)[nH]1. The molecule has 1 aliphatic rings. The Morgan fingerprint density at radius 2 is 1.88 bits per heavy atom. The third-order valence-corrected chi connectivity index (χ3v) is 4.70. The Kier molecular flexibility index (Phi) is 4.37. The highest BCUT2D eigenvalue weighted by Crippen LogP contribution is 2.58. The number of nitrogens with one attached hydrogen (secondary N) is 2. The Morgan fingerprint density at radius 1 is 1.27 bits per heavy atom. The van der Waals surface area contributed by atoms with Crippen molar-refractivity contribution in [1.29, 1.82) is 0 Å². The van der Waals surface area contributed by atoms with Gasteiger partial charge in [0.2, 0.25) is 0 Å². The molecular weight excluding hydrogens is 347 g/mol. The van der Waals surface area contributed by atoms with E-state index in [9.17, 15) is 22.8 Å². The van der Waals surface area contributed by atoms with Crippen LogP contribution in [0.5, 0.6) is 0 Å².